The Morgan fingerprint density at radius 1 is 1.09 bits per heavy atom. The number of nitrogens with two attached hydrogens (primary N) is 1. The highest BCUT2D eigenvalue weighted by molar-refractivity contribution is 5.85. The lowest BCUT2D eigenvalue weighted by Crippen LogP contribution is -2.35. The Labute approximate surface area is 140 Å². The summed E-state index contributed by atoms with van der Waals surface area (Å²) in [6.45, 7) is 3.74. The first-order chi connectivity index (χ1) is 10.5. The Morgan fingerprint density at radius 3 is 2.48 bits per heavy atom. The molecule has 2 N–H and O–H groups in total. The second-order valence-electron chi connectivity index (χ2n) is 5.56. The number of nitrogens with zero attached hydrogens (tertiary/aromatic N) is 4. The van der Waals surface area contributed by atoms with Gasteiger partial charge in [-0.15, -0.1) is 17.5 Å². The van der Waals surface area contributed by atoms with Crippen LogP contribution in [0.1, 0.15) is 24.1 Å². The van der Waals surface area contributed by atoms with Crippen molar-refractivity contribution in [3.63, 3.8) is 0 Å². The molecule has 1 aromatic carbocycles. The van der Waals surface area contributed by atoms with Crippen LogP contribution >= 0.6 is 12.4 Å². The fraction of sp³-hybridized carbons (Fsp3) is 0.250. The lowest BCUT2D eigenvalue weighted by atomic mass is 9.94. The predicted molar refractivity (Wildman–Crippen MR) is 89.0 cm³/mol. The minimum atomic E-state index is -0.745. The van der Waals surface area contributed by atoms with E-state index in [0.717, 1.165) is 11.3 Å². The third kappa shape index (κ3) is 3.91. The molecule has 0 aliphatic heterocycles. The van der Waals surface area contributed by atoms with Crippen LogP contribution in [-0.4, -0.2) is 20.3 Å². The lowest BCUT2D eigenvalue weighted by molar-refractivity contribution is 0.296. The Hall–Kier alpha value is -2.31. The van der Waals surface area contributed by atoms with Gasteiger partial charge in [-0.25, -0.2) is 0 Å². The van der Waals surface area contributed by atoms with Crippen molar-refractivity contribution in [1.82, 2.24) is 20.3 Å². The molecule has 3 rings (SSSR count). The third-order valence-corrected chi connectivity index (χ3v) is 3.36. The number of hydrogen-bond acceptors (Lipinski definition) is 6. The van der Waals surface area contributed by atoms with Crippen molar-refractivity contribution in [2.75, 3.05) is 0 Å². The maximum atomic E-state index is 6.35. The van der Waals surface area contributed by atoms with Crippen LogP contribution in [0.5, 0.6) is 0 Å². The summed E-state index contributed by atoms with van der Waals surface area (Å²) in [6, 6.07) is 13.6. The predicted octanol–water partition coefficient (Wildman–Crippen LogP) is 2.67. The van der Waals surface area contributed by atoms with E-state index in [1.807, 2.05) is 56.3 Å². The van der Waals surface area contributed by atoms with Crippen LogP contribution in [0.2, 0.25) is 0 Å². The van der Waals surface area contributed by atoms with Crippen LogP contribution < -0.4 is 5.73 Å². The second-order valence-corrected chi connectivity index (χ2v) is 5.56. The fourth-order valence-electron chi connectivity index (χ4n) is 2.17. The van der Waals surface area contributed by atoms with E-state index in [-0.39, 0.29) is 12.4 Å². The van der Waals surface area contributed by atoms with Gasteiger partial charge in [-0.3, -0.25) is 0 Å². The zero-order chi connectivity index (χ0) is 15.6. The van der Waals surface area contributed by atoms with Gasteiger partial charge in [-0.1, -0.05) is 35.5 Å². The van der Waals surface area contributed by atoms with Crippen molar-refractivity contribution >= 4 is 12.4 Å². The molecule has 0 radical (unpaired) electrons. The molecule has 7 heteroatoms. The van der Waals surface area contributed by atoms with Gasteiger partial charge >= 0.3 is 0 Å². The first-order valence-electron chi connectivity index (χ1n) is 7.02. The first-order valence-corrected chi connectivity index (χ1v) is 7.02. The van der Waals surface area contributed by atoms with Crippen molar-refractivity contribution < 1.29 is 4.52 Å². The zero-order valence-corrected chi connectivity index (χ0v) is 13.7. The smallest absolute Gasteiger partial charge is 0.247 e. The molecule has 0 aliphatic carbocycles. The highest BCUT2D eigenvalue weighted by Gasteiger charge is 2.29. The van der Waals surface area contributed by atoms with Gasteiger partial charge in [-0.05, 0) is 38.0 Å². The number of halogens is 1. The summed E-state index contributed by atoms with van der Waals surface area (Å²) in [5.74, 6) is 0.779. The summed E-state index contributed by atoms with van der Waals surface area (Å²) in [6.07, 6.45) is 0.606. The number of aryl methyl sites for hydroxylation is 1. The molecule has 2 aromatic heterocycles. The number of hydrogen-bond donors (Lipinski definition) is 1. The second kappa shape index (κ2) is 6.85. The SMILES string of the molecule is Cc1ccc(-c2noc([C@@](C)(N)Cc3ccccc3)n2)nn1.Cl. The number of benzene rings is 1. The fourth-order valence-corrected chi connectivity index (χ4v) is 2.17. The zero-order valence-electron chi connectivity index (χ0n) is 12.9. The maximum absolute atomic E-state index is 6.35. The van der Waals surface area contributed by atoms with Gasteiger partial charge in [0.05, 0.1) is 11.2 Å². The molecule has 0 fully saturated rings. The summed E-state index contributed by atoms with van der Waals surface area (Å²) >= 11 is 0. The van der Waals surface area contributed by atoms with E-state index in [1.165, 1.54) is 0 Å². The van der Waals surface area contributed by atoms with E-state index in [0.29, 0.717) is 23.8 Å². The van der Waals surface area contributed by atoms with Crippen molar-refractivity contribution in [3.8, 4) is 11.5 Å². The van der Waals surface area contributed by atoms with Crippen LogP contribution in [0.3, 0.4) is 0 Å². The highest BCUT2D eigenvalue weighted by atomic mass is 35.5. The minimum Gasteiger partial charge on any atom is -0.337 e. The number of rotatable bonds is 4. The Morgan fingerprint density at radius 2 is 1.83 bits per heavy atom. The molecule has 23 heavy (non-hydrogen) atoms. The van der Waals surface area contributed by atoms with Crippen LogP contribution in [0, 0.1) is 6.92 Å². The van der Waals surface area contributed by atoms with E-state index in [9.17, 15) is 0 Å². The van der Waals surface area contributed by atoms with Gasteiger partial charge in [-0.2, -0.15) is 10.1 Å². The molecule has 3 aromatic rings. The van der Waals surface area contributed by atoms with Crippen molar-refractivity contribution in [2.24, 2.45) is 5.73 Å². The normalized spacial score (nSPS) is 13.2. The highest BCUT2D eigenvalue weighted by Crippen LogP contribution is 2.23. The quantitative estimate of drug-likeness (QED) is 0.790. The molecule has 0 spiro atoms. The standard InChI is InChI=1S/C16H17N5O.ClH/c1-11-8-9-13(20-19-11)14-18-15(22-21-14)16(2,17)10-12-6-4-3-5-7-12;/h3-9H,10,17H2,1-2H3;1H/t16-;/m0./s1. The molecule has 0 amide bonds. The van der Waals surface area contributed by atoms with E-state index in [1.54, 1.807) is 0 Å². The summed E-state index contributed by atoms with van der Waals surface area (Å²) < 4.78 is 5.33. The molecule has 120 valence electrons. The number of aromatic nitrogens is 4. The molecule has 6 nitrogen and oxygen atoms in total. The van der Waals surface area contributed by atoms with Crippen LogP contribution in [0.25, 0.3) is 11.5 Å². The van der Waals surface area contributed by atoms with Gasteiger partial charge in [0.2, 0.25) is 11.7 Å². The van der Waals surface area contributed by atoms with Crippen molar-refractivity contribution in [2.45, 2.75) is 25.8 Å². The topological polar surface area (TPSA) is 90.7 Å². The average Bonchev–Trinajstić information content (AvgIpc) is 2.99. The average molecular weight is 332 g/mol. The van der Waals surface area contributed by atoms with Crippen LogP contribution in [0.4, 0.5) is 0 Å². The van der Waals surface area contributed by atoms with E-state index >= 15 is 0 Å². The molecule has 1 atom stereocenters. The lowest BCUT2D eigenvalue weighted by Gasteiger charge is -2.19. The largest absolute Gasteiger partial charge is 0.337 e. The molecule has 0 saturated heterocycles. The molecule has 0 unspecified atom stereocenters. The third-order valence-electron chi connectivity index (χ3n) is 3.36. The molecular weight excluding hydrogens is 314 g/mol. The summed E-state index contributed by atoms with van der Waals surface area (Å²) in [5.41, 5.74) is 8.12. The van der Waals surface area contributed by atoms with Gasteiger partial charge in [0.25, 0.3) is 0 Å². The Balaban J connectivity index is 0.00000192. The van der Waals surface area contributed by atoms with Crippen LogP contribution in [-0.2, 0) is 12.0 Å². The van der Waals surface area contributed by atoms with Crippen molar-refractivity contribution in [3.05, 3.63) is 59.6 Å². The summed E-state index contributed by atoms with van der Waals surface area (Å²) in [4.78, 5) is 4.37. The van der Waals surface area contributed by atoms with Gasteiger partial charge in [0, 0.05) is 0 Å². The van der Waals surface area contributed by atoms with E-state index in [4.69, 9.17) is 10.3 Å². The van der Waals surface area contributed by atoms with Gasteiger partial charge in [0.1, 0.15) is 5.69 Å². The monoisotopic (exact) mass is 331 g/mol. The maximum Gasteiger partial charge on any atom is 0.247 e. The van der Waals surface area contributed by atoms with E-state index in [2.05, 4.69) is 20.3 Å². The Kier molecular flexibility index (Phi) is 5.08. The molecule has 0 bridgehead atoms. The molecule has 0 aliphatic rings. The van der Waals surface area contributed by atoms with Gasteiger partial charge < -0.3 is 10.3 Å². The van der Waals surface area contributed by atoms with Gasteiger partial charge in [0.15, 0.2) is 0 Å². The first kappa shape index (κ1) is 17.1. The molecule has 2 heterocycles. The van der Waals surface area contributed by atoms with E-state index < -0.39 is 5.54 Å². The molecular formula is C16H18ClN5O. The molecule has 0 saturated carbocycles. The minimum absolute atomic E-state index is 0. The summed E-state index contributed by atoms with van der Waals surface area (Å²) in [5, 5.41) is 12.0. The Bertz CT molecular complexity index is 756. The van der Waals surface area contributed by atoms with Crippen LogP contribution in [0.15, 0.2) is 47.0 Å². The summed E-state index contributed by atoms with van der Waals surface area (Å²) in [7, 11) is 0. The van der Waals surface area contributed by atoms with Crippen molar-refractivity contribution in [1.29, 1.82) is 0 Å².